The van der Waals surface area contributed by atoms with Crippen LogP contribution in [0.1, 0.15) is 23.4 Å². The second-order valence-corrected chi connectivity index (χ2v) is 8.29. The molecule has 0 saturated carbocycles. The number of hydrogen-bond donors (Lipinski definition) is 0. The van der Waals surface area contributed by atoms with Crippen LogP contribution in [-0.2, 0) is 12.3 Å². The average molecular weight is 403 g/mol. The fourth-order valence-electron chi connectivity index (χ4n) is 3.52. The highest BCUT2D eigenvalue weighted by atomic mass is 32.2. The van der Waals surface area contributed by atoms with Gasteiger partial charge in [0.15, 0.2) is 0 Å². The van der Waals surface area contributed by atoms with E-state index >= 15 is 0 Å². The molecule has 1 heterocycles. The Bertz CT molecular complexity index is 1090. The number of fused-ring (bicyclic) bond motifs is 1. The van der Waals surface area contributed by atoms with Crippen molar-refractivity contribution >= 4 is 22.8 Å². The van der Waals surface area contributed by atoms with Gasteiger partial charge in [-0.25, -0.2) is 4.98 Å². The van der Waals surface area contributed by atoms with Crippen LogP contribution in [0.3, 0.4) is 0 Å². The summed E-state index contributed by atoms with van der Waals surface area (Å²) in [6.07, 6.45) is 0.941. The standard InChI is InChI=1S/C25H26N2OS/c1-19-13-14-24(20(2)17-19)28-16-8-15-27-23-12-7-6-11-22(23)26-25(27)18-29-21-9-4-3-5-10-21/h3-7,9-14,17H,8,15-16,18H2,1-2H3. The summed E-state index contributed by atoms with van der Waals surface area (Å²) in [5, 5.41) is 0. The van der Waals surface area contributed by atoms with Crippen LogP contribution in [0.2, 0.25) is 0 Å². The van der Waals surface area contributed by atoms with Crippen molar-refractivity contribution < 1.29 is 4.74 Å². The fourth-order valence-corrected chi connectivity index (χ4v) is 4.38. The number of ether oxygens (including phenoxy) is 1. The molecule has 0 amide bonds. The lowest BCUT2D eigenvalue weighted by molar-refractivity contribution is 0.300. The smallest absolute Gasteiger partial charge is 0.122 e. The molecule has 0 N–H and O–H groups in total. The molecule has 4 rings (SSSR count). The van der Waals surface area contributed by atoms with Gasteiger partial charge in [-0.15, -0.1) is 11.8 Å². The second-order valence-electron chi connectivity index (χ2n) is 7.24. The second kappa shape index (κ2) is 9.19. The van der Waals surface area contributed by atoms with Crippen LogP contribution in [0, 0.1) is 13.8 Å². The van der Waals surface area contributed by atoms with Crippen molar-refractivity contribution in [3.05, 3.63) is 89.7 Å². The topological polar surface area (TPSA) is 27.1 Å². The number of nitrogens with zero attached hydrogens (tertiary/aromatic N) is 2. The molecule has 0 bridgehead atoms. The molecule has 4 aromatic rings. The Morgan fingerprint density at radius 3 is 2.55 bits per heavy atom. The van der Waals surface area contributed by atoms with E-state index in [2.05, 4.69) is 91.2 Å². The van der Waals surface area contributed by atoms with E-state index in [4.69, 9.17) is 9.72 Å². The van der Waals surface area contributed by atoms with Crippen LogP contribution in [-0.4, -0.2) is 16.2 Å². The number of benzene rings is 3. The van der Waals surface area contributed by atoms with Crippen LogP contribution >= 0.6 is 11.8 Å². The maximum absolute atomic E-state index is 6.03. The molecule has 4 heteroatoms. The molecule has 29 heavy (non-hydrogen) atoms. The van der Waals surface area contributed by atoms with Gasteiger partial charge in [0.25, 0.3) is 0 Å². The zero-order valence-corrected chi connectivity index (χ0v) is 17.8. The fraction of sp³-hybridized carbons (Fsp3) is 0.240. The lowest BCUT2D eigenvalue weighted by Gasteiger charge is -2.12. The molecule has 0 radical (unpaired) electrons. The molecular formula is C25H26N2OS. The first-order valence-electron chi connectivity index (χ1n) is 10.0. The lowest BCUT2D eigenvalue weighted by Crippen LogP contribution is -2.08. The number of aromatic nitrogens is 2. The highest BCUT2D eigenvalue weighted by Crippen LogP contribution is 2.25. The van der Waals surface area contributed by atoms with E-state index in [1.807, 2.05) is 11.8 Å². The molecule has 0 aliphatic carbocycles. The number of hydrogen-bond acceptors (Lipinski definition) is 3. The van der Waals surface area contributed by atoms with E-state index in [1.165, 1.54) is 21.5 Å². The Kier molecular flexibility index (Phi) is 6.20. The minimum Gasteiger partial charge on any atom is -0.493 e. The molecule has 1 aromatic heterocycles. The zero-order valence-electron chi connectivity index (χ0n) is 17.0. The van der Waals surface area contributed by atoms with Gasteiger partial charge in [-0.3, -0.25) is 0 Å². The maximum Gasteiger partial charge on any atom is 0.122 e. The van der Waals surface area contributed by atoms with E-state index in [0.29, 0.717) is 6.61 Å². The SMILES string of the molecule is Cc1ccc(OCCCn2c(CSc3ccccc3)nc3ccccc32)c(C)c1. The van der Waals surface area contributed by atoms with Gasteiger partial charge in [0.2, 0.25) is 0 Å². The van der Waals surface area contributed by atoms with Crippen LogP contribution in [0.15, 0.2) is 77.7 Å². The quantitative estimate of drug-likeness (QED) is 0.251. The highest BCUT2D eigenvalue weighted by molar-refractivity contribution is 7.98. The van der Waals surface area contributed by atoms with Crippen molar-refractivity contribution in [2.24, 2.45) is 0 Å². The Balaban J connectivity index is 1.44. The van der Waals surface area contributed by atoms with Gasteiger partial charge in [-0.1, -0.05) is 48.0 Å². The highest BCUT2D eigenvalue weighted by Gasteiger charge is 2.11. The normalized spacial score (nSPS) is 11.1. The summed E-state index contributed by atoms with van der Waals surface area (Å²) in [6.45, 7) is 5.80. The monoisotopic (exact) mass is 402 g/mol. The van der Waals surface area contributed by atoms with E-state index in [9.17, 15) is 0 Å². The summed E-state index contributed by atoms with van der Waals surface area (Å²) in [7, 11) is 0. The zero-order chi connectivity index (χ0) is 20.1. The molecule has 3 aromatic carbocycles. The molecule has 0 fully saturated rings. The predicted octanol–water partition coefficient (Wildman–Crippen LogP) is 6.41. The molecule has 0 spiro atoms. The maximum atomic E-state index is 6.03. The Morgan fingerprint density at radius 1 is 0.931 bits per heavy atom. The first-order valence-corrected chi connectivity index (χ1v) is 11.0. The van der Waals surface area contributed by atoms with E-state index < -0.39 is 0 Å². The molecule has 0 saturated heterocycles. The van der Waals surface area contributed by atoms with Gasteiger partial charge >= 0.3 is 0 Å². The Hall–Kier alpha value is -2.72. The van der Waals surface area contributed by atoms with E-state index in [-0.39, 0.29) is 0 Å². The van der Waals surface area contributed by atoms with Crippen molar-refractivity contribution in [1.82, 2.24) is 9.55 Å². The first kappa shape index (κ1) is 19.6. The molecule has 0 aliphatic rings. The summed E-state index contributed by atoms with van der Waals surface area (Å²) < 4.78 is 8.38. The molecule has 0 aliphatic heterocycles. The van der Waals surface area contributed by atoms with Crippen molar-refractivity contribution in [3.8, 4) is 5.75 Å². The first-order chi connectivity index (χ1) is 14.2. The van der Waals surface area contributed by atoms with Crippen molar-refractivity contribution in [3.63, 3.8) is 0 Å². The van der Waals surface area contributed by atoms with Gasteiger partial charge in [-0.2, -0.15) is 0 Å². The van der Waals surface area contributed by atoms with Gasteiger partial charge in [-0.05, 0) is 56.2 Å². The molecule has 0 atom stereocenters. The van der Waals surface area contributed by atoms with Gasteiger partial charge in [0.1, 0.15) is 11.6 Å². The number of aryl methyl sites for hydroxylation is 3. The molecule has 0 unspecified atom stereocenters. The van der Waals surface area contributed by atoms with E-state index in [0.717, 1.165) is 35.8 Å². The predicted molar refractivity (Wildman–Crippen MR) is 122 cm³/mol. The van der Waals surface area contributed by atoms with Gasteiger partial charge in [0, 0.05) is 11.4 Å². The lowest BCUT2D eigenvalue weighted by atomic mass is 10.1. The van der Waals surface area contributed by atoms with Crippen molar-refractivity contribution in [2.45, 2.75) is 37.5 Å². The third-order valence-electron chi connectivity index (χ3n) is 4.96. The van der Waals surface area contributed by atoms with E-state index in [1.54, 1.807) is 0 Å². The summed E-state index contributed by atoms with van der Waals surface area (Å²) >= 11 is 1.83. The van der Waals surface area contributed by atoms with Crippen molar-refractivity contribution in [1.29, 1.82) is 0 Å². The number of imidazole rings is 1. The third kappa shape index (κ3) is 4.83. The minimum absolute atomic E-state index is 0.696. The Labute approximate surface area is 176 Å². The molecular weight excluding hydrogens is 376 g/mol. The average Bonchev–Trinajstić information content (AvgIpc) is 3.09. The van der Waals surface area contributed by atoms with Gasteiger partial charge in [0.05, 0.1) is 23.4 Å². The van der Waals surface area contributed by atoms with Crippen LogP contribution < -0.4 is 4.74 Å². The number of thioether (sulfide) groups is 1. The third-order valence-corrected chi connectivity index (χ3v) is 5.97. The summed E-state index contributed by atoms with van der Waals surface area (Å²) in [6, 6.07) is 25.2. The van der Waals surface area contributed by atoms with Crippen LogP contribution in [0.4, 0.5) is 0 Å². The molecule has 3 nitrogen and oxygen atoms in total. The number of rotatable bonds is 8. The Morgan fingerprint density at radius 2 is 1.72 bits per heavy atom. The number of para-hydroxylation sites is 2. The molecule has 148 valence electrons. The van der Waals surface area contributed by atoms with Crippen LogP contribution in [0.5, 0.6) is 5.75 Å². The van der Waals surface area contributed by atoms with Crippen LogP contribution in [0.25, 0.3) is 11.0 Å². The largest absolute Gasteiger partial charge is 0.493 e. The van der Waals surface area contributed by atoms with Crippen molar-refractivity contribution in [2.75, 3.05) is 6.61 Å². The summed E-state index contributed by atoms with van der Waals surface area (Å²) in [4.78, 5) is 6.16. The summed E-state index contributed by atoms with van der Waals surface area (Å²) in [5.41, 5.74) is 4.72. The summed E-state index contributed by atoms with van der Waals surface area (Å²) in [5.74, 6) is 2.95. The van der Waals surface area contributed by atoms with Gasteiger partial charge < -0.3 is 9.30 Å². The minimum atomic E-state index is 0.696.